The number of H-pyrrole nitrogens is 1. The second-order valence-corrected chi connectivity index (χ2v) is 11.2. The second-order valence-electron chi connectivity index (χ2n) is 11.2. The molecule has 0 saturated carbocycles. The van der Waals surface area contributed by atoms with Gasteiger partial charge in [-0.25, -0.2) is 0 Å². The third kappa shape index (κ3) is 7.86. The Morgan fingerprint density at radius 3 is 2.38 bits per heavy atom. The second kappa shape index (κ2) is 14.9. The lowest BCUT2D eigenvalue weighted by Gasteiger charge is -2.37. The van der Waals surface area contributed by atoms with E-state index in [1.54, 1.807) is 0 Å². The van der Waals surface area contributed by atoms with E-state index in [2.05, 4.69) is 52.6 Å². The van der Waals surface area contributed by atoms with Crippen molar-refractivity contribution in [3.8, 4) is 11.1 Å². The minimum absolute atomic E-state index is 0.143. The fourth-order valence-electron chi connectivity index (χ4n) is 5.76. The van der Waals surface area contributed by atoms with Gasteiger partial charge in [-0.15, -0.1) is 0 Å². The van der Waals surface area contributed by atoms with E-state index < -0.39 is 12.3 Å². The van der Waals surface area contributed by atoms with Gasteiger partial charge in [-0.05, 0) is 86.6 Å². The Balaban J connectivity index is 1.65. The van der Waals surface area contributed by atoms with Crippen LogP contribution in [0.3, 0.4) is 0 Å². The Hall–Kier alpha value is -3.05. The van der Waals surface area contributed by atoms with Crippen molar-refractivity contribution in [2.45, 2.75) is 72.0 Å². The third-order valence-corrected chi connectivity index (χ3v) is 8.17. The number of ether oxygens (including phenoxy) is 1. The molecule has 2 unspecified atom stereocenters. The minimum atomic E-state index is -0.973. The molecule has 3 aromatic rings. The molecule has 9 heteroatoms. The van der Waals surface area contributed by atoms with Gasteiger partial charge in [-0.3, -0.25) is 10.1 Å². The van der Waals surface area contributed by atoms with Gasteiger partial charge < -0.3 is 35.3 Å². The summed E-state index contributed by atoms with van der Waals surface area (Å²) in [5, 5.41) is 36.4. The normalized spacial score (nSPS) is 15.5. The molecule has 4 rings (SSSR count). The number of benzene rings is 2. The minimum Gasteiger partial charge on any atom is -0.394 e. The van der Waals surface area contributed by atoms with Crippen molar-refractivity contribution in [3.63, 3.8) is 0 Å². The van der Waals surface area contributed by atoms with E-state index in [0.717, 1.165) is 77.4 Å². The summed E-state index contributed by atoms with van der Waals surface area (Å²) in [5.74, 6) is 0. The van der Waals surface area contributed by atoms with Gasteiger partial charge >= 0.3 is 0 Å². The van der Waals surface area contributed by atoms with E-state index in [0.29, 0.717) is 24.7 Å². The van der Waals surface area contributed by atoms with Crippen molar-refractivity contribution in [2.24, 2.45) is 0 Å². The predicted molar refractivity (Wildman–Crippen MR) is 167 cm³/mol. The van der Waals surface area contributed by atoms with Crippen LogP contribution in [0.1, 0.15) is 59.5 Å². The van der Waals surface area contributed by atoms with Crippen molar-refractivity contribution < 1.29 is 20.1 Å². The van der Waals surface area contributed by atoms with E-state index >= 15 is 0 Å². The average molecular weight is 579 g/mol. The van der Waals surface area contributed by atoms with Gasteiger partial charge in [-0.1, -0.05) is 24.3 Å². The first kappa shape index (κ1) is 31.9. The lowest BCUT2D eigenvalue weighted by atomic mass is 9.94. The maximum absolute atomic E-state index is 12.6. The highest BCUT2D eigenvalue weighted by atomic mass is 16.5. The molecule has 6 N–H and O–H groups in total. The molecule has 1 aliphatic rings. The van der Waals surface area contributed by atoms with Gasteiger partial charge in [0.1, 0.15) is 6.23 Å². The maximum atomic E-state index is 12.6. The number of hydrogen-bond donors (Lipinski definition) is 6. The van der Waals surface area contributed by atoms with E-state index in [1.807, 2.05) is 38.1 Å². The Bertz CT molecular complexity index is 1370. The molecule has 0 spiro atoms. The van der Waals surface area contributed by atoms with Crippen LogP contribution in [-0.4, -0.2) is 65.4 Å². The summed E-state index contributed by atoms with van der Waals surface area (Å²) >= 11 is 0. The number of pyridine rings is 1. The largest absolute Gasteiger partial charge is 0.394 e. The summed E-state index contributed by atoms with van der Waals surface area (Å²) in [4.78, 5) is 17.9. The smallest absolute Gasteiger partial charge is 0.252 e. The highest BCUT2D eigenvalue weighted by Crippen LogP contribution is 2.35. The molecule has 2 heterocycles. The van der Waals surface area contributed by atoms with Gasteiger partial charge in [0.2, 0.25) is 0 Å². The van der Waals surface area contributed by atoms with Crippen LogP contribution >= 0.6 is 0 Å². The van der Waals surface area contributed by atoms with Gasteiger partial charge in [0.25, 0.3) is 5.56 Å². The first-order chi connectivity index (χ1) is 20.2. The van der Waals surface area contributed by atoms with Gasteiger partial charge in [0.05, 0.1) is 12.7 Å². The van der Waals surface area contributed by atoms with Crippen molar-refractivity contribution >= 4 is 5.69 Å². The quantitative estimate of drug-likeness (QED) is 0.171. The van der Waals surface area contributed by atoms with Crippen LogP contribution < -0.4 is 21.1 Å². The number of rotatable bonds is 13. The summed E-state index contributed by atoms with van der Waals surface area (Å²) < 4.78 is 5.64. The van der Waals surface area contributed by atoms with Gasteiger partial charge in [0.15, 0.2) is 0 Å². The highest BCUT2D eigenvalue weighted by Gasteiger charge is 2.25. The van der Waals surface area contributed by atoms with Gasteiger partial charge in [-0.2, -0.15) is 0 Å². The molecule has 0 radical (unpaired) electrons. The Labute approximate surface area is 248 Å². The van der Waals surface area contributed by atoms with Crippen LogP contribution in [0.25, 0.3) is 11.1 Å². The molecular formula is C33H46N4O5. The molecular weight excluding hydrogens is 532 g/mol. The number of anilines is 1. The molecule has 42 heavy (non-hydrogen) atoms. The van der Waals surface area contributed by atoms with Gasteiger partial charge in [0, 0.05) is 67.9 Å². The summed E-state index contributed by atoms with van der Waals surface area (Å²) in [6, 6.07) is 14.8. The number of nitrogens with one attached hydrogen (secondary N) is 3. The highest BCUT2D eigenvalue weighted by molar-refractivity contribution is 5.73. The maximum Gasteiger partial charge on any atom is 0.252 e. The average Bonchev–Trinajstić information content (AvgIpc) is 2.98. The van der Waals surface area contributed by atoms with Crippen LogP contribution in [0.15, 0.2) is 47.3 Å². The molecule has 2 aromatic carbocycles. The van der Waals surface area contributed by atoms with E-state index in [1.165, 1.54) is 0 Å². The first-order valence-electron chi connectivity index (χ1n) is 14.9. The molecule has 1 aromatic heterocycles. The van der Waals surface area contributed by atoms with E-state index in [-0.39, 0.29) is 18.7 Å². The van der Waals surface area contributed by atoms with Crippen LogP contribution in [0, 0.1) is 20.8 Å². The number of aryl methyl sites for hydroxylation is 2. The van der Waals surface area contributed by atoms with Crippen molar-refractivity contribution in [3.05, 3.63) is 86.3 Å². The van der Waals surface area contributed by atoms with Crippen LogP contribution in [0.4, 0.5) is 5.69 Å². The molecule has 0 bridgehead atoms. The van der Waals surface area contributed by atoms with Crippen LogP contribution in [0.5, 0.6) is 0 Å². The fourth-order valence-corrected chi connectivity index (χ4v) is 5.76. The molecule has 1 aliphatic heterocycles. The van der Waals surface area contributed by atoms with E-state index in [4.69, 9.17) is 9.84 Å². The number of aromatic amines is 1. The Kier molecular flexibility index (Phi) is 11.3. The summed E-state index contributed by atoms with van der Waals surface area (Å²) in [5.41, 5.74) is 8.13. The molecule has 0 aliphatic carbocycles. The van der Waals surface area contributed by atoms with Crippen molar-refractivity contribution in [2.75, 3.05) is 37.8 Å². The number of aliphatic hydroxyl groups excluding tert-OH is 3. The Morgan fingerprint density at radius 2 is 1.74 bits per heavy atom. The monoisotopic (exact) mass is 578 g/mol. The zero-order chi connectivity index (χ0) is 30.2. The standard InChI is InChI=1S/C33H46N4O5/c1-5-37(27-10-12-42-13-11-27)31-16-26(25-8-6-24(7-9-25)17-34-18-28(39)20-38)15-29(23(31)4)32(40)35-19-30-21(2)14-22(3)36-33(30)41/h6-9,14-16,27-28,32,34-35,38-40H,5,10-13,17-20H2,1-4H3,(H,36,41). The molecule has 9 nitrogen and oxygen atoms in total. The fraction of sp³-hybridized carbons (Fsp3) is 0.485. The lowest BCUT2D eigenvalue weighted by Crippen LogP contribution is -2.40. The molecule has 2 atom stereocenters. The van der Waals surface area contributed by atoms with Crippen molar-refractivity contribution in [1.82, 2.24) is 15.6 Å². The Morgan fingerprint density at radius 1 is 1.02 bits per heavy atom. The summed E-state index contributed by atoms with van der Waals surface area (Å²) in [6.07, 6.45) is 0.156. The third-order valence-electron chi connectivity index (χ3n) is 8.17. The summed E-state index contributed by atoms with van der Waals surface area (Å²) in [7, 11) is 0. The number of nitrogens with zero attached hydrogens (tertiary/aromatic N) is 1. The summed E-state index contributed by atoms with van der Waals surface area (Å²) in [6.45, 7) is 11.2. The molecule has 1 fully saturated rings. The first-order valence-corrected chi connectivity index (χ1v) is 14.9. The number of hydrogen-bond acceptors (Lipinski definition) is 8. The molecule has 228 valence electrons. The SMILES string of the molecule is CCN(c1cc(-c2ccc(CNCC(O)CO)cc2)cc(C(O)NCc2c(C)cc(C)[nH]c2=O)c1C)C1CCOCC1. The predicted octanol–water partition coefficient (Wildman–Crippen LogP) is 3.20. The van der Waals surface area contributed by atoms with E-state index in [9.17, 15) is 15.0 Å². The van der Waals surface area contributed by atoms with Crippen LogP contribution in [-0.2, 0) is 17.8 Å². The number of aliphatic hydroxyl groups is 3. The van der Waals surface area contributed by atoms with Crippen molar-refractivity contribution in [1.29, 1.82) is 0 Å². The zero-order valence-electron chi connectivity index (χ0n) is 25.2. The molecule has 1 saturated heterocycles. The lowest BCUT2D eigenvalue weighted by molar-refractivity contribution is 0.0846. The zero-order valence-corrected chi connectivity index (χ0v) is 25.2. The van der Waals surface area contributed by atoms with Crippen LogP contribution in [0.2, 0.25) is 0 Å². The number of aromatic nitrogens is 1. The topological polar surface area (TPSA) is 130 Å². The molecule has 0 amide bonds.